The van der Waals surface area contributed by atoms with Crippen molar-refractivity contribution in [1.82, 2.24) is 4.98 Å². The van der Waals surface area contributed by atoms with Crippen LogP contribution in [0.4, 0.5) is 10.1 Å². The zero-order valence-corrected chi connectivity index (χ0v) is 9.23. The SMILES string of the molecule is CC(C)=CC(=O)Nc1nc(C)c(N)s1. The third-order valence-electron chi connectivity index (χ3n) is 1.48. The summed E-state index contributed by atoms with van der Waals surface area (Å²) in [5.41, 5.74) is 7.31. The van der Waals surface area contributed by atoms with Gasteiger partial charge in [-0.25, -0.2) is 4.98 Å². The van der Waals surface area contributed by atoms with Gasteiger partial charge in [0.1, 0.15) is 5.00 Å². The van der Waals surface area contributed by atoms with Crippen molar-refractivity contribution in [3.8, 4) is 0 Å². The van der Waals surface area contributed by atoms with E-state index >= 15 is 0 Å². The molecule has 5 heteroatoms. The number of hydrogen-bond donors (Lipinski definition) is 2. The summed E-state index contributed by atoms with van der Waals surface area (Å²) in [4.78, 5) is 15.4. The molecule has 1 amide bonds. The van der Waals surface area contributed by atoms with Gasteiger partial charge in [-0.15, -0.1) is 0 Å². The van der Waals surface area contributed by atoms with Gasteiger partial charge in [0, 0.05) is 6.08 Å². The van der Waals surface area contributed by atoms with Crippen LogP contribution in [0.15, 0.2) is 11.6 Å². The van der Waals surface area contributed by atoms with Crippen LogP contribution in [0.25, 0.3) is 0 Å². The molecule has 0 radical (unpaired) electrons. The number of anilines is 2. The average Bonchev–Trinajstić information content (AvgIpc) is 2.28. The monoisotopic (exact) mass is 211 g/mol. The molecule has 1 rings (SSSR count). The summed E-state index contributed by atoms with van der Waals surface area (Å²) in [5.74, 6) is -0.168. The van der Waals surface area contributed by atoms with E-state index in [-0.39, 0.29) is 5.91 Å². The molecule has 0 aromatic carbocycles. The van der Waals surface area contributed by atoms with Crippen LogP contribution in [-0.2, 0) is 4.79 Å². The van der Waals surface area contributed by atoms with Gasteiger partial charge in [-0.1, -0.05) is 16.9 Å². The number of nitrogen functional groups attached to an aromatic ring is 1. The summed E-state index contributed by atoms with van der Waals surface area (Å²) in [6, 6.07) is 0. The summed E-state index contributed by atoms with van der Waals surface area (Å²) in [6.07, 6.45) is 1.52. The predicted molar refractivity (Wildman–Crippen MR) is 59.3 cm³/mol. The first-order valence-electron chi connectivity index (χ1n) is 4.18. The highest BCUT2D eigenvalue weighted by Crippen LogP contribution is 2.24. The topological polar surface area (TPSA) is 68.0 Å². The number of carbonyl (C=O) groups excluding carboxylic acids is 1. The maximum Gasteiger partial charge on any atom is 0.250 e. The summed E-state index contributed by atoms with van der Waals surface area (Å²) >= 11 is 1.28. The standard InChI is InChI=1S/C9H13N3OS/c1-5(2)4-7(13)12-9-11-6(3)8(10)14-9/h4H,10H2,1-3H3,(H,11,12,13). The number of rotatable bonds is 2. The van der Waals surface area contributed by atoms with Crippen molar-refractivity contribution in [1.29, 1.82) is 0 Å². The maximum atomic E-state index is 11.3. The zero-order valence-electron chi connectivity index (χ0n) is 8.42. The molecule has 3 N–H and O–H groups in total. The molecule has 0 unspecified atom stereocenters. The molecule has 1 aromatic heterocycles. The Labute approximate surface area is 86.8 Å². The smallest absolute Gasteiger partial charge is 0.250 e. The number of nitrogens with zero attached hydrogens (tertiary/aromatic N) is 1. The molecule has 0 aliphatic carbocycles. The van der Waals surface area contributed by atoms with Gasteiger partial charge in [0.25, 0.3) is 0 Å². The molecule has 1 heterocycles. The fourth-order valence-electron chi connectivity index (χ4n) is 0.865. The molecule has 0 aliphatic rings. The summed E-state index contributed by atoms with van der Waals surface area (Å²) in [5, 5.41) is 3.83. The largest absolute Gasteiger partial charge is 0.389 e. The molecule has 76 valence electrons. The first-order valence-corrected chi connectivity index (χ1v) is 4.99. The number of aromatic nitrogens is 1. The van der Waals surface area contributed by atoms with Crippen LogP contribution < -0.4 is 11.1 Å². The Morgan fingerprint density at radius 1 is 1.57 bits per heavy atom. The van der Waals surface area contributed by atoms with Crippen LogP contribution in [0.1, 0.15) is 19.5 Å². The van der Waals surface area contributed by atoms with Crippen molar-refractivity contribution in [3.63, 3.8) is 0 Å². The Balaban J connectivity index is 2.70. The van der Waals surface area contributed by atoms with E-state index < -0.39 is 0 Å². The third kappa shape index (κ3) is 2.85. The van der Waals surface area contributed by atoms with Crippen molar-refractivity contribution in [2.75, 3.05) is 11.1 Å². The molecule has 0 bridgehead atoms. The summed E-state index contributed by atoms with van der Waals surface area (Å²) in [6.45, 7) is 5.53. The molecular formula is C9H13N3OS. The van der Waals surface area contributed by atoms with E-state index in [4.69, 9.17) is 5.73 Å². The Kier molecular flexibility index (Phi) is 3.24. The van der Waals surface area contributed by atoms with Crippen LogP contribution in [0, 0.1) is 6.92 Å². The van der Waals surface area contributed by atoms with Crippen LogP contribution in [0.2, 0.25) is 0 Å². The van der Waals surface area contributed by atoms with Crippen molar-refractivity contribution < 1.29 is 4.79 Å². The lowest BCUT2D eigenvalue weighted by Gasteiger charge is -1.95. The van der Waals surface area contributed by atoms with Crippen LogP contribution in [-0.4, -0.2) is 10.9 Å². The predicted octanol–water partition coefficient (Wildman–Crippen LogP) is 1.94. The normalized spacial score (nSPS) is 9.64. The van der Waals surface area contributed by atoms with Gasteiger partial charge >= 0.3 is 0 Å². The number of nitrogens with one attached hydrogen (secondary N) is 1. The summed E-state index contributed by atoms with van der Waals surface area (Å²) < 4.78 is 0. The molecule has 4 nitrogen and oxygen atoms in total. The van der Waals surface area contributed by atoms with Gasteiger partial charge in [0.2, 0.25) is 5.91 Å². The van der Waals surface area contributed by atoms with Crippen molar-refractivity contribution in [2.24, 2.45) is 0 Å². The van der Waals surface area contributed by atoms with Crippen LogP contribution >= 0.6 is 11.3 Å². The molecule has 0 saturated carbocycles. The number of carbonyl (C=O) groups is 1. The highest BCUT2D eigenvalue weighted by molar-refractivity contribution is 7.19. The Bertz CT molecular complexity index is 358. The molecule has 0 fully saturated rings. The number of nitrogens with two attached hydrogens (primary N) is 1. The van der Waals surface area contributed by atoms with E-state index in [2.05, 4.69) is 10.3 Å². The molecular weight excluding hydrogens is 198 g/mol. The van der Waals surface area contributed by atoms with Crippen molar-refractivity contribution in [2.45, 2.75) is 20.8 Å². The van der Waals surface area contributed by atoms with E-state index in [0.29, 0.717) is 10.1 Å². The number of thiazole rings is 1. The Morgan fingerprint density at radius 2 is 2.21 bits per heavy atom. The lowest BCUT2D eigenvalue weighted by Crippen LogP contribution is -2.07. The lowest BCUT2D eigenvalue weighted by atomic mass is 10.3. The zero-order chi connectivity index (χ0) is 10.7. The molecule has 0 spiro atoms. The minimum absolute atomic E-state index is 0.168. The number of allylic oxidation sites excluding steroid dienone is 1. The molecule has 1 aromatic rings. The quantitative estimate of drug-likeness (QED) is 0.734. The van der Waals surface area contributed by atoms with E-state index in [9.17, 15) is 4.79 Å². The Morgan fingerprint density at radius 3 is 2.64 bits per heavy atom. The van der Waals surface area contributed by atoms with Crippen LogP contribution in [0.3, 0.4) is 0 Å². The molecule has 14 heavy (non-hydrogen) atoms. The van der Waals surface area contributed by atoms with Gasteiger partial charge in [0.05, 0.1) is 5.69 Å². The second-order valence-electron chi connectivity index (χ2n) is 3.18. The van der Waals surface area contributed by atoms with Gasteiger partial charge < -0.3 is 5.73 Å². The van der Waals surface area contributed by atoms with E-state index in [0.717, 1.165) is 11.3 Å². The van der Waals surface area contributed by atoms with Gasteiger partial charge in [-0.3, -0.25) is 10.1 Å². The number of hydrogen-bond acceptors (Lipinski definition) is 4. The molecule has 0 saturated heterocycles. The second kappa shape index (κ2) is 4.23. The van der Waals surface area contributed by atoms with E-state index in [1.165, 1.54) is 17.4 Å². The third-order valence-corrected chi connectivity index (χ3v) is 2.38. The Hall–Kier alpha value is -1.36. The highest BCUT2D eigenvalue weighted by atomic mass is 32.1. The fourth-order valence-corrected chi connectivity index (χ4v) is 1.60. The number of aryl methyl sites for hydroxylation is 1. The van der Waals surface area contributed by atoms with E-state index in [1.807, 2.05) is 20.8 Å². The van der Waals surface area contributed by atoms with Crippen molar-refractivity contribution >= 4 is 27.4 Å². The first kappa shape index (κ1) is 10.7. The highest BCUT2D eigenvalue weighted by Gasteiger charge is 2.05. The summed E-state index contributed by atoms with van der Waals surface area (Å²) in [7, 11) is 0. The average molecular weight is 211 g/mol. The maximum absolute atomic E-state index is 11.3. The lowest BCUT2D eigenvalue weighted by molar-refractivity contribution is -0.111. The van der Waals surface area contributed by atoms with Gasteiger partial charge in [-0.05, 0) is 20.8 Å². The second-order valence-corrected chi connectivity index (χ2v) is 4.21. The van der Waals surface area contributed by atoms with Gasteiger partial charge in [-0.2, -0.15) is 0 Å². The fraction of sp³-hybridized carbons (Fsp3) is 0.333. The number of amides is 1. The molecule has 0 aliphatic heterocycles. The van der Waals surface area contributed by atoms with Gasteiger partial charge in [0.15, 0.2) is 5.13 Å². The minimum Gasteiger partial charge on any atom is -0.389 e. The van der Waals surface area contributed by atoms with E-state index in [1.54, 1.807) is 0 Å². The van der Waals surface area contributed by atoms with Crippen molar-refractivity contribution in [3.05, 3.63) is 17.3 Å². The van der Waals surface area contributed by atoms with Crippen LogP contribution in [0.5, 0.6) is 0 Å². The first-order chi connectivity index (χ1) is 6.49. The molecule has 0 atom stereocenters. The minimum atomic E-state index is -0.168.